The van der Waals surface area contributed by atoms with Crippen molar-refractivity contribution in [1.82, 2.24) is 0 Å². The molecule has 0 aliphatic heterocycles. The fraction of sp³-hybridized carbons (Fsp3) is 0.222. The molecule has 0 fully saturated rings. The summed E-state index contributed by atoms with van der Waals surface area (Å²) < 4.78 is 0. The molecule has 0 atom stereocenters. The van der Waals surface area contributed by atoms with Gasteiger partial charge in [0, 0.05) is 17.3 Å². The molecule has 0 aliphatic carbocycles. The van der Waals surface area contributed by atoms with Gasteiger partial charge in [-0.05, 0) is 11.1 Å². The Balaban J connectivity index is 3.10. The van der Waals surface area contributed by atoms with Gasteiger partial charge in [-0.3, -0.25) is 4.79 Å². The Morgan fingerprint density at radius 2 is 2.00 bits per heavy atom. The molecule has 3 heteroatoms. The lowest BCUT2D eigenvalue weighted by atomic mass is 10.1. The molecule has 64 valence electrons. The van der Waals surface area contributed by atoms with E-state index in [1.807, 2.05) is 12.1 Å². The predicted molar refractivity (Wildman–Crippen MR) is 50.9 cm³/mol. The van der Waals surface area contributed by atoms with Crippen molar-refractivity contribution in [2.75, 3.05) is 0 Å². The van der Waals surface area contributed by atoms with Gasteiger partial charge in [-0.15, -0.1) is 23.2 Å². The van der Waals surface area contributed by atoms with E-state index in [1.54, 1.807) is 6.07 Å². The van der Waals surface area contributed by atoms with Crippen LogP contribution < -0.4 is 0 Å². The van der Waals surface area contributed by atoms with E-state index in [-0.39, 0.29) is 0 Å². The molecule has 12 heavy (non-hydrogen) atoms. The smallest absolute Gasteiger partial charge is 0.150 e. The van der Waals surface area contributed by atoms with Crippen LogP contribution in [0.4, 0.5) is 0 Å². The average molecular weight is 203 g/mol. The molecule has 0 aliphatic rings. The lowest BCUT2D eigenvalue weighted by Gasteiger charge is -2.02. The lowest BCUT2D eigenvalue weighted by Crippen LogP contribution is -1.91. The van der Waals surface area contributed by atoms with Gasteiger partial charge in [0.15, 0.2) is 0 Å². The van der Waals surface area contributed by atoms with Crippen molar-refractivity contribution >= 4 is 29.5 Å². The quantitative estimate of drug-likeness (QED) is 0.545. The molecule has 0 saturated carbocycles. The molecule has 0 unspecified atom stereocenters. The van der Waals surface area contributed by atoms with Gasteiger partial charge in [-0.2, -0.15) is 0 Å². The summed E-state index contributed by atoms with van der Waals surface area (Å²) in [5, 5.41) is 0. The third-order valence-electron chi connectivity index (χ3n) is 1.63. The van der Waals surface area contributed by atoms with Gasteiger partial charge in [-0.25, -0.2) is 0 Å². The van der Waals surface area contributed by atoms with Crippen LogP contribution in [0.1, 0.15) is 21.5 Å². The summed E-state index contributed by atoms with van der Waals surface area (Å²) in [6.07, 6.45) is 0.801. The Labute approximate surface area is 81.3 Å². The van der Waals surface area contributed by atoms with Crippen LogP contribution in [0.25, 0.3) is 0 Å². The molecule has 1 rings (SSSR count). The van der Waals surface area contributed by atoms with Crippen molar-refractivity contribution in [3.63, 3.8) is 0 Å². The number of alkyl halides is 2. The van der Waals surface area contributed by atoms with E-state index in [0.717, 1.165) is 17.4 Å². The number of benzene rings is 1. The second kappa shape index (κ2) is 4.48. The topological polar surface area (TPSA) is 17.1 Å². The minimum atomic E-state index is 0.346. The Morgan fingerprint density at radius 1 is 1.25 bits per heavy atom. The molecule has 0 amide bonds. The van der Waals surface area contributed by atoms with E-state index in [4.69, 9.17) is 23.2 Å². The summed E-state index contributed by atoms with van der Waals surface area (Å²) in [6, 6.07) is 5.42. The number of rotatable bonds is 3. The van der Waals surface area contributed by atoms with Crippen LogP contribution in [-0.2, 0) is 11.8 Å². The monoisotopic (exact) mass is 202 g/mol. The fourth-order valence-electron chi connectivity index (χ4n) is 0.973. The van der Waals surface area contributed by atoms with Crippen molar-refractivity contribution in [2.24, 2.45) is 0 Å². The first-order valence-corrected chi connectivity index (χ1v) is 4.57. The minimum absolute atomic E-state index is 0.346. The van der Waals surface area contributed by atoms with Crippen LogP contribution in [0.3, 0.4) is 0 Å². The molecule has 0 bridgehead atoms. The van der Waals surface area contributed by atoms with Crippen LogP contribution in [0.15, 0.2) is 18.2 Å². The first-order chi connectivity index (χ1) is 5.81. The number of carbonyl (C=O) groups excluding carboxylic acids is 1. The maximum atomic E-state index is 10.5. The Kier molecular flexibility index (Phi) is 3.57. The molecule has 0 saturated heterocycles. The summed E-state index contributed by atoms with van der Waals surface area (Å²) in [5.41, 5.74) is 2.46. The zero-order valence-electron chi connectivity index (χ0n) is 6.39. The van der Waals surface area contributed by atoms with Gasteiger partial charge in [0.25, 0.3) is 0 Å². The largest absolute Gasteiger partial charge is 0.298 e. The summed E-state index contributed by atoms with van der Waals surface area (Å²) >= 11 is 11.3. The van der Waals surface area contributed by atoms with E-state index in [0.29, 0.717) is 17.3 Å². The zero-order chi connectivity index (χ0) is 8.97. The number of hydrogen-bond donors (Lipinski definition) is 0. The molecule has 1 nitrogen and oxygen atoms in total. The van der Waals surface area contributed by atoms with E-state index in [1.165, 1.54) is 0 Å². The number of halogens is 2. The Morgan fingerprint density at radius 3 is 2.50 bits per heavy atom. The van der Waals surface area contributed by atoms with Crippen LogP contribution >= 0.6 is 23.2 Å². The van der Waals surface area contributed by atoms with Crippen LogP contribution in [0, 0.1) is 0 Å². The number of hydrogen-bond acceptors (Lipinski definition) is 1. The molecular formula is C9H8Cl2O. The molecule has 0 radical (unpaired) electrons. The first kappa shape index (κ1) is 9.56. The summed E-state index contributed by atoms with van der Waals surface area (Å²) in [4.78, 5) is 10.5. The Bertz CT molecular complexity index is 284. The van der Waals surface area contributed by atoms with Gasteiger partial charge < -0.3 is 0 Å². The van der Waals surface area contributed by atoms with Gasteiger partial charge in [0.1, 0.15) is 6.29 Å². The van der Waals surface area contributed by atoms with Gasteiger partial charge in [0.2, 0.25) is 0 Å². The highest BCUT2D eigenvalue weighted by atomic mass is 35.5. The highest BCUT2D eigenvalue weighted by Crippen LogP contribution is 2.14. The molecule has 0 heterocycles. The van der Waals surface area contributed by atoms with Crippen LogP contribution in [-0.4, -0.2) is 6.29 Å². The second-order valence-corrected chi connectivity index (χ2v) is 2.95. The highest BCUT2D eigenvalue weighted by Gasteiger charge is 2.00. The minimum Gasteiger partial charge on any atom is -0.298 e. The normalized spacial score (nSPS) is 9.83. The van der Waals surface area contributed by atoms with E-state index >= 15 is 0 Å². The molecule has 1 aromatic rings. The maximum Gasteiger partial charge on any atom is 0.150 e. The summed E-state index contributed by atoms with van der Waals surface area (Å²) in [7, 11) is 0. The van der Waals surface area contributed by atoms with Gasteiger partial charge >= 0.3 is 0 Å². The standard InChI is InChI=1S/C9H8Cl2O/c10-4-7-1-2-8(6-12)9(3-7)5-11/h1-3,6H,4-5H2. The zero-order valence-corrected chi connectivity index (χ0v) is 7.90. The van der Waals surface area contributed by atoms with Crippen molar-refractivity contribution in [3.05, 3.63) is 34.9 Å². The van der Waals surface area contributed by atoms with Gasteiger partial charge in [0.05, 0.1) is 0 Å². The molecule has 1 aromatic carbocycles. The summed E-state index contributed by atoms with van der Waals surface area (Å²) in [6.45, 7) is 0. The van der Waals surface area contributed by atoms with E-state index in [9.17, 15) is 4.79 Å². The van der Waals surface area contributed by atoms with E-state index in [2.05, 4.69) is 0 Å². The summed E-state index contributed by atoms with van der Waals surface area (Å²) in [5.74, 6) is 0.793. The van der Waals surface area contributed by atoms with Crippen molar-refractivity contribution < 1.29 is 4.79 Å². The third-order valence-corrected chi connectivity index (χ3v) is 2.23. The second-order valence-electron chi connectivity index (χ2n) is 2.42. The van der Waals surface area contributed by atoms with Crippen molar-refractivity contribution in [1.29, 1.82) is 0 Å². The van der Waals surface area contributed by atoms with Gasteiger partial charge in [-0.1, -0.05) is 18.2 Å². The van der Waals surface area contributed by atoms with Crippen LogP contribution in [0.2, 0.25) is 0 Å². The molecular weight excluding hydrogens is 195 g/mol. The highest BCUT2D eigenvalue weighted by molar-refractivity contribution is 6.18. The van der Waals surface area contributed by atoms with E-state index < -0.39 is 0 Å². The third kappa shape index (κ3) is 1.99. The number of carbonyl (C=O) groups is 1. The van der Waals surface area contributed by atoms with Crippen LogP contribution in [0.5, 0.6) is 0 Å². The fourth-order valence-corrected chi connectivity index (χ4v) is 1.37. The number of aldehydes is 1. The van der Waals surface area contributed by atoms with Crippen molar-refractivity contribution in [2.45, 2.75) is 11.8 Å². The molecule has 0 N–H and O–H groups in total. The average Bonchev–Trinajstić information content (AvgIpc) is 2.16. The Hall–Kier alpha value is -0.530. The molecule has 0 aromatic heterocycles. The maximum absolute atomic E-state index is 10.5. The van der Waals surface area contributed by atoms with Crippen molar-refractivity contribution in [3.8, 4) is 0 Å². The molecule has 0 spiro atoms. The predicted octanol–water partition coefficient (Wildman–Crippen LogP) is 2.98. The lowest BCUT2D eigenvalue weighted by molar-refractivity contribution is 0.112. The first-order valence-electron chi connectivity index (χ1n) is 3.50. The SMILES string of the molecule is O=Cc1ccc(CCl)cc1CCl.